The Kier molecular flexibility index (Phi) is 4.08. The highest BCUT2D eigenvalue weighted by molar-refractivity contribution is 5.80. The van der Waals surface area contributed by atoms with Crippen LogP contribution in [0, 0.1) is 19.3 Å². The average molecular weight is 344 g/mol. The summed E-state index contributed by atoms with van der Waals surface area (Å²) in [5, 5.41) is 9.59. The second-order valence-corrected chi connectivity index (χ2v) is 6.39. The lowest BCUT2D eigenvalue weighted by molar-refractivity contribution is 0.701. The molecule has 0 aliphatic heterocycles. The first-order valence-electron chi connectivity index (χ1n) is 8.53. The first kappa shape index (κ1) is 16.2. The molecule has 1 N–H and O–H groups in total. The topological polar surface area (TPSA) is 72.4 Å². The van der Waals surface area contributed by atoms with Gasteiger partial charge in [0.05, 0.1) is 24.0 Å². The number of nitrogens with zero attached hydrogens (tertiary/aromatic N) is 5. The lowest BCUT2D eigenvalue weighted by Crippen LogP contribution is -2.22. The van der Waals surface area contributed by atoms with Crippen LogP contribution in [0.2, 0.25) is 0 Å². The molecule has 0 radical (unpaired) electrons. The first-order valence-corrected chi connectivity index (χ1v) is 8.53. The van der Waals surface area contributed by atoms with Crippen LogP contribution in [0.15, 0.2) is 55.2 Å². The predicted octanol–water partition coefficient (Wildman–Crippen LogP) is 2.82. The molecule has 0 unspecified atom stereocenters. The fourth-order valence-corrected chi connectivity index (χ4v) is 3.24. The van der Waals surface area contributed by atoms with Crippen LogP contribution in [0.1, 0.15) is 22.5 Å². The largest absolute Gasteiger partial charge is 0.325 e. The van der Waals surface area contributed by atoms with E-state index >= 15 is 0 Å². The standard InChI is InChI=1S/C20H20N6/c1-14-15(2)26(11-16-6-9-22-10-7-16)20-18(14)19(21)25(13-24-20)12-17-5-3-4-8-23-17/h3-10,13,21H,11-12H2,1-2H3. The van der Waals surface area contributed by atoms with Crippen molar-refractivity contribution in [3.8, 4) is 0 Å². The van der Waals surface area contributed by atoms with E-state index < -0.39 is 0 Å². The molecule has 0 spiro atoms. The zero-order chi connectivity index (χ0) is 18.1. The molecule has 4 heterocycles. The minimum absolute atomic E-state index is 0.467. The summed E-state index contributed by atoms with van der Waals surface area (Å²) in [6.45, 7) is 5.40. The van der Waals surface area contributed by atoms with Gasteiger partial charge in [-0.2, -0.15) is 0 Å². The molecule has 0 aliphatic rings. The molecule has 4 rings (SSSR count). The van der Waals surface area contributed by atoms with Crippen LogP contribution in [0.3, 0.4) is 0 Å². The third-order valence-electron chi connectivity index (χ3n) is 4.79. The quantitative estimate of drug-likeness (QED) is 0.619. The van der Waals surface area contributed by atoms with Crippen LogP contribution >= 0.6 is 0 Å². The maximum absolute atomic E-state index is 8.69. The van der Waals surface area contributed by atoms with Crippen molar-refractivity contribution < 1.29 is 0 Å². The molecule has 4 aromatic heterocycles. The van der Waals surface area contributed by atoms with Crippen LogP contribution in [-0.2, 0) is 13.1 Å². The van der Waals surface area contributed by atoms with Crippen molar-refractivity contribution in [2.45, 2.75) is 26.9 Å². The molecule has 130 valence electrons. The lowest BCUT2D eigenvalue weighted by Gasteiger charge is -2.09. The number of aromatic nitrogens is 5. The molecule has 0 bridgehead atoms. The lowest BCUT2D eigenvalue weighted by atomic mass is 10.2. The van der Waals surface area contributed by atoms with E-state index in [1.165, 1.54) is 5.56 Å². The molecule has 0 aromatic carbocycles. The zero-order valence-electron chi connectivity index (χ0n) is 14.8. The summed E-state index contributed by atoms with van der Waals surface area (Å²) in [4.78, 5) is 13.1. The van der Waals surface area contributed by atoms with E-state index in [-0.39, 0.29) is 0 Å². The van der Waals surface area contributed by atoms with Crippen molar-refractivity contribution in [3.63, 3.8) is 0 Å². The van der Waals surface area contributed by atoms with E-state index in [0.29, 0.717) is 12.0 Å². The first-order chi connectivity index (χ1) is 12.6. The van der Waals surface area contributed by atoms with E-state index in [1.807, 2.05) is 34.9 Å². The fraction of sp³-hybridized carbons (Fsp3) is 0.200. The Bertz CT molecular complexity index is 1110. The highest BCUT2D eigenvalue weighted by atomic mass is 15.1. The van der Waals surface area contributed by atoms with Gasteiger partial charge in [-0.1, -0.05) is 6.07 Å². The normalized spacial score (nSPS) is 11.2. The predicted molar refractivity (Wildman–Crippen MR) is 99.7 cm³/mol. The van der Waals surface area contributed by atoms with Crippen molar-refractivity contribution in [2.24, 2.45) is 0 Å². The van der Waals surface area contributed by atoms with Gasteiger partial charge in [0.15, 0.2) is 0 Å². The Hall–Kier alpha value is -3.28. The Morgan fingerprint density at radius 3 is 2.50 bits per heavy atom. The summed E-state index contributed by atoms with van der Waals surface area (Å²) in [6, 6.07) is 9.82. The summed E-state index contributed by atoms with van der Waals surface area (Å²) in [5.41, 5.74) is 5.63. The fourth-order valence-electron chi connectivity index (χ4n) is 3.24. The molecule has 0 saturated carbocycles. The zero-order valence-corrected chi connectivity index (χ0v) is 14.8. The Morgan fingerprint density at radius 2 is 1.77 bits per heavy atom. The minimum atomic E-state index is 0.467. The molecule has 0 amide bonds. The number of nitrogens with one attached hydrogen (secondary N) is 1. The Labute approximate surface area is 151 Å². The number of hydrogen-bond acceptors (Lipinski definition) is 4. The number of aryl methyl sites for hydroxylation is 1. The smallest absolute Gasteiger partial charge is 0.146 e. The molecule has 6 heteroatoms. The number of rotatable bonds is 4. The van der Waals surface area contributed by atoms with Crippen LogP contribution in [0.4, 0.5) is 0 Å². The van der Waals surface area contributed by atoms with E-state index in [0.717, 1.165) is 34.5 Å². The van der Waals surface area contributed by atoms with E-state index in [2.05, 4.69) is 33.4 Å². The van der Waals surface area contributed by atoms with Gasteiger partial charge < -0.3 is 9.13 Å². The number of pyridine rings is 2. The van der Waals surface area contributed by atoms with Gasteiger partial charge in [0, 0.05) is 30.8 Å². The molecule has 26 heavy (non-hydrogen) atoms. The molecular formula is C20H20N6. The van der Waals surface area contributed by atoms with Gasteiger partial charge >= 0.3 is 0 Å². The molecule has 0 atom stereocenters. The van der Waals surface area contributed by atoms with Gasteiger partial charge in [-0.05, 0) is 49.2 Å². The van der Waals surface area contributed by atoms with Gasteiger partial charge in [-0.3, -0.25) is 15.4 Å². The van der Waals surface area contributed by atoms with Gasteiger partial charge in [-0.15, -0.1) is 0 Å². The van der Waals surface area contributed by atoms with Crippen molar-refractivity contribution in [3.05, 3.63) is 83.3 Å². The molecule has 6 nitrogen and oxygen atoms in total. The van der Waals surface area contributed by atoms with Crippen molar-refractivity contribution in [2.75, 3.05) is 0 Å². The summed E-state index contributed by atoms with van der Waals surface area (Å²) >= 11 is 0. The van der Waals surface area contributed by atoms with Gasteiger partial charge in [0.25, 0.3) is 0 Å². The van der Waals surface area contributed by atoms with Gasteiger partial charge in [-0.25, -0.2) is 4.98 Å². The van der Waals surface area contributed by atoms with Crippen LogP contribution < -0.4 is 5.49 Å². The highest BCUT2D eigenvalue weighted by Gasteiger charge is 2.15. The Balaban J connectivity index is 1.81. The van der Waals surface area contributed by atoms with Gasteiger partial charge in [0.2, 0.25) is 0 Å². The molecule has 0 fully saturated rings. The highest BCUT2D eigenvalue weighted by Crippen LogP contribution is 2.21. The summed E-state index contributed by atoms with van der Waals surface area (Å²) < 4.78 is 4.01. The SMILES string of the molecule is Cc1c(C)n(Cc2ccncc2)c2ncn(Cc3ccccn3)c(=N)c12. The maximum atomic E-state index is 8.69. The minimum Gasteiger partial charge on any atom is -0.325 e. The van der Waals surface area contributed by atoms with E-state index in [9.17, 15) is 0 Å². The van der Waals surface area contributed by atoms with Crippen LogP contribution in [-0.4, -0.2) is 24.1 Å². The summed E-state index contributed by atoms with van der Waals surface area (Å²) in [7, 11) is 0. The van der Waals surface area contributed by atoms with Crippen LogP contribution in [0.5, 0.6) is 0 Å². The van der Waals surface area contributed by atoms with E-state index in [1.54, 1.807) is 24.9 Å². The maximum Gasteiger partial charge on any atom is 0.146 e. The Morgan fingerprint density at radius 1 is 0.962 bits per heavy atom. The van der Waals surface area contributed by atoms with E-state index in [4.69, 9.17) is 5.41 Å². The summed E-state index contributed by atoms with van der Waals surface area (Å²) in [6.07, 6.45) is 7.11. The monoisotopic (exact) mass is 344 g/mol. The van der Waals surface area contributed by atoms with Crippen molar-refractivity contribution >= 4 is 11.0 Å². The van der Waals surface area contributed by atoms with Crippen molar-refractivity contribution in [1.82, 2.24) is 24.1 Å². The second-order valence-electron chi connectivity index (χ2n) is 6.39. The molecule has 4 aromatic rings. The second kappa shape index (κ2) is 6.55. The molecular weight excluding hydrogens is 324 g/mol. The average Bonchev–Trinajstić information content (AvgIpc) is 2.91. The third-order valence-corrected chi connectivity index (χ3v) is 4.79. The molecule has 0 aliphatic carbocycles. The number of hydrogen-bond donors (Lipinski definition) is 1. The number of fused-ring (bicyclic) bond motifs is 1. The van der Waals surface area contributed by atoms with Gasteiger partial charge in [0.1, 0.15) is 11.1 Å². The summed E-state index contributed by atoms with van der Waals surface area (Å²) in [5.74, 6) is 0. The third kappa shape index (κ3) is 2.79. The van der Waals surface area contributed by atoms with Crippen molar-refractivity contribution in [1.29, 1.82) is 5.41 Å². The molecule has 0 saturated heterocycles. The van der Waals surface area contributed by atoms with Crippen LogP contribution in [0.25, 0.3) is 11.0 Å².